The zero-order valence-electron chi connectivity index (χ0n) is 10.4. The maximum absolute atomic E-state index is 10.8. The highest BCUT2D eigenvalue weighted by Crippen LogP contribution is 2.26. The normalized spacial score (nSPS) is 13.6. The van der Waals surface area contributed by atoms with E-state index in [0.29, 0.717) is 5.69 Å². The predicted molar refractivity (Wildman–Crippen MR) is 60.5 cm³/mol. The minimum absolute atomic E-state index is 0.0827. The number of carbonyl (C=O) groups excluding carboxylic acids is 1. The first kappa shape index (κ1) is 13.6. The number of rotatable bonds is 3. The van der Waals surface area contributed by atoms with Crippen molar-refractivity contribution in [3.8, 4) is 0 Å². The van der Waals surface area contributed by atoms with Crippen molar-refractivity contribution in [2.75, 3.05) is 13.2 Å². The monoisotopic (exact) mass is 237 g/mol. The van der Waals surface area contributed by atoms with E-state index in [1.54, 1.807) is 0 Å². The van der Waals surface area contributed by atoms with Gasteiger partial charge in [0.2, 0.25) is 0 Å². The van der Waals surface area contributed by atoms with Gasteiger partial charge in [-0.05, 0) is 6.42 Å². The van der Waals surface area contributed by atoms with Crippen LogP contribution in [0.2, 0.25) is 0 Å². The van der Waals surface area contributed by atoms with Gasteiger partial charge in [-0.1, -0.05) is 20.8 Å². The Morgan fingerprint density at radius 3 is 2.53 bits per heavy atom. The Morgan fingerprint density at radius 2 is 2.12 bits per heavy atom. The van der Waals surface area contributed by atoms with Gasteiger partial charge in [0, 0.05) is 17.2 Å². The van der Waals surface area contributed by atoms with Crippen LogP contribution in [0.1, 0.15) is 43.2 Å². The first-order valence-electron chi connectivity index (χ1n) is 5.58. The average molecular weight is 237 g/mol. The minimum Gasteiger partial charge on any atom is -0.545 e. The highest BCUT2D eigenvalue weighted by atomic mass is 16.6. The first-order chi connectivity index (χ1) is 7.99. The van der Waals surface area contributed by atoms with Crippen LogP contribution in [0.3, 0.4) is 0 Å². The largest absolute Gasteiger partial charge is 0.545 e. The lowest BCUT2D eigenvalue weighted by molar-refractivity contribution is -0.255. The van der Waals surface area contributed by atoms with Crippen molar-refractivity contribution >= 4 is 5.97 Å². The second-order valence-corrected chi connectivity index (χ2v) is 4.42. The molecule has 0 aromatic carbocycles. The lowest BCUT2D eigenvalue weighted by Crippen LogP contribution is -2.29. The quantitative estimate of drug-likeness (QED) is 0.717. The lowest BCUT2D eigenvalue weighted by Gasteiger charge is -2.24. The van der Waals surface area contributed by atoms with Crippen molar-refractivity contribution in [2.45, 2.75) is 32.6 Å². The third kappa shape index (κ3) is 4.11. The Kier molecular flexibility index (Phi) is 4.57. The standard InChI is InChI=1S/C10H14N2O2.C2H4O/c1-4-10(2,3)8-7(9(13)14)5-11-6-12-8;1-2-3-1/h5-6H,4H2,1-3H3,(H,13,14);1-2H2/p-1. The van der Waals surface area contributed by atoms with Crippen LogP contribution in [0.15, 0.2) is 12.5 Å². The van der Waals surface area contributed by atoms with E-state index in [-0.39, 0.29) is 11.0 Å². The minimum atomic E-state index is -1.22. The summed E-state index contributed by atoms with van der Waals surface area (Å²) in [6.45, 7) is 7.88. The number of ether oxygens (including phenoxy) is 1. The number of carbonyl (C=O) groups is 1. The molecular weight excluding hydrogens is 220 g/mol. The molecule has 5 heteroatoms. The van der Waals surface area contributed by atoms with Gasteiger partial charge >= 0.3 is 0 Å². The molecule has 0 radical (unpaired) electrons. The van der Waals surface area contributed by atoms with Gasteiger partial charge in [0.1, 0.15) is 6.33 Å². The number of carboxylic acids is 1. The molecule has 1 fully saturated rings. The summed E-state index contributed by atoms with van der Waals surface area (Å²) in [5.74, 6) is -1.22. The molecule has 0 unspecified atom stereocenters. The maximum atomic E-state index is 10.8. The molecule has 0 aliphatic carbocycles. The fourth-order valence-electron chi connectivity index (χ4n) is 1.19. The first-order valence-corrected chi connectivity index (χ1v) is 5.58. The topological polar surface area (TPSA) is 78.4 Å². The van der Waals surface area contributed by atoms with Crippen molar-refractivity contribution in [3.05, 3.63) is 23.8 Å². The molecule has 0 bridgehead atoms. The van der Waals surface area contributed by atoms with Crippen LogP contribution in [0.25, 0.3) is 0 Å². The zero-order chi connectivity index (χ0) is 12.9. The van der Waals surface area contributed by atoms with Crippen LogP contribution in [0.4, 0.5) is 0 Å². The molecule has 0 N–H and O–H groups in total. The predicted octanol–water partition coefficient (Wildman–Crippen LogP) is 0.544. The van der Waals surface area contributed by atoms with E-state index < -0.39 is 5.97 Å². The smallest absolute Gasteiger partial charge is 0.115 e. The summed E-state index contributed by atoms with van der Waals surface area (Å²) in [5.41, 5.74) is 0.354. The van der Waals surface area contributed by atoms with Crippen molar-refractivity contribution < 1.29 is 14.6 Å². The number of hydrogen-bond acceptors (Lipinski definition) is 5. The summed E-state index contributed by atoms with van der Waals surface area (Å²) >= 11 is 0. The van der Waals surface area contributed by atoms with E-state index >= 15 is 0 Å². The fraction of sp³-hybridized carbons (Fsp3) is 0.583. The Bertz CT molecular complexity index is 386. The summed E-state index contributed by atoms with van der Waals surface area (Å²) in [7, 11) is 0. The van der Waals surface area contributed by atoms with E-state index in [2.05, 4.69) is 14.7 Å². The molecule has 1 aromatic heterocycles. The molecule has 0 atom stereocenters. The number of nitrogens with zero attached hydrogens (tertiary/aromatic N) is 2. The fourth-order valence-corrected chi connectivity index (χ4v) is 1.19. The van der Waals surface area contributed by atoms with Crippen LogP contribution in [0.5, 0.6) is 0 Å². The average Bonchev–Trinajstić information content (AvgIpc) is 3.16. The summed E-state index contributed by atoms with van der Waals surface area (Å²) in [5, 5.41) is 10.8. The number of hydrogen-bond donors (Lipinski definition) is 0. The molecule has 0 amide bonds. The zero-order valence-corrected chi connectivity index (χ0v) is 10.4. The van der Waals surface area contributed by atoms with E-state index in [1.807, 2.05) is 20.8 Å². The molecule has 1 aliphatic heterocycles. The van der Waals surface area contributed by atoms with Crippen molar-refractivity contribution in [1.82, 2.24) is 9.97 Å². The number of epoxide rings is 1. The van der Waals surface area contributed by atoms with Crippen LogP contribution < -0.4 is 5.11 Å². The SMILES string of the molecule is C1CO1.CCC(C)(C)c1ncncc1C(=O)[O-]. The molecule has 2 rings (SSSR count). The molecule has 17 heavy (non-hydrogen) atoms. The summed E-state index contributed by atoms with van der Waals surface area (Å²) in [4.78, 5) is 18.5. The third-order valence-electron chi connectivity index (χ3n) is 2.66. The van der Waals surface area contributed by atoms with E-state index in [1.165, 1.54) is 12.5 Å². The molecule has 0 spiro atoms. The van der Waals surface area contributed by atoms with E-state index in [9.17, 15) is 9.90 Å². The van der Waals surface area contributed by atoms with Gasteiger partial charge in [0.15, 0.2) is 0 Å². The van der Waals surface area contributed by atoms with Gasteiger partial charge in [0.05, 0.1) is 24.9 Å². The summed E-state index contributed by atoms with van der Waals surface area (Å²) in [6.07, 6.45) is 3.46. The molecule has 0 saturated carbocycles. The molecule has 94 valence electrons. The number of carboxylic acid groups (broad SMARTS) is 1. The lowest BCUT2D eigenvalue weighted by atomic mass is 9.84. The Hall–Kier alpha value is -1.49. The van der Waals surface area contributed by atoms with Crippen LogP contribution in [-0.4, -0.2) is 29.2 Å². The van der Waals surface area contributed by atoms with Crippen molar-refractivity contribution in [1.29, 1.82) is 0 Å². The summed E-state index contributed by atoms with van der Waals surface area (Å²) < 4.78 is 4.50. The van der Waals surface area contributed by atoms with Gasteiger partial charge in [0.25, 0.3) is 0 Å². The molecule has 1 aromatic rings. The Balaban J connectivity index is 0.000000415. The van der Waals surface area contributed by atoms with Crippen molar-refractivity contribution in [2.24, 2.45) is 0 Å². The third-order valence-corrected chi connectivity index (χ3v) is 2.66. The van der Waals surface area contributed by atoms with Gasteiger partial charge in [-0.25, -0.2) is 9.97 Å². The number of aromatic carboxylic acids is 1. The second kappa shape index (κ2) is 5.72. The second-order valence-electron chi connectivity index (χ2n) is 4.42. The molecular formula is C12H17N2O3-. The highest BCUT2D eigenvalue weighted by Gasteiger charge is 2.23. The van der Waals surface area contributed by atoms with Gasteiger partial charge in [-0.15, -0.1) is 0 Å². The molecule has 5 nitrogen and oxygen atoms in total. The summed E-state index contributed by atoms with van der Waals surface area (Å²) in [6, 6.07) is 0. The van der Waals surface area contributed by atoms with E-state index in [4.69, 9.17) is 0 Å². The number of aromatic nitrogens is 2. The Labute approximate surface area is 101 Å². The van der Waals surface area contributed by atoms with Crippen LogP contribution in [0, 0.1) is 0 Å². The van der Waals surface area contributed by atoms with Crippen LogP contribution in [-0.2, 0) is 10.2 Å². The van der Waals surface area contributed by atoms with Crippen molar-refractivity contribution in [3.63, 3.8) is 0 Å². The molecule has 1 aliphatic rings. The van der Waals surface area contributed by atoms with Gasteiger partial charge in [-0.2, -0.15) is 0 Å². The van der Waals surface area contributed by atoms with E-state index in [0.717, 1.165) is 19.6 Å². The molecule has 1 saturated heterocycles. The maximum Gasteiger partial charge on any atom is 0.115 e. The van der Waals surface area contributed by atoms with Crippen LogP contribution >= 0.6 is 0 Å². The molecule has 2 heterocycles. The van der Waals surface area contributed by atoms with Gasteiger partial charge in [-0.3, -0.25) is 0 Å². The Morgan fingerprint density at radius 1 is 1.53 bits per heavy atom. The highest BCUT2D eigenvalue weighted by molar-refractivity contribution is 5.87. The van der Waals surface area contributed by atoms with Gasteiger partial charge < -0.3 is 14.6 Å².